The zero-order valence-electron chi connectivity index (χ0n) is 12.2. The molecule has 0 aliphatic heterocycles. The SMILES string of the molecule is CCNc1nc(-c2ccnn2CC)nc2c1CCCC2. The third-order valence-electron chi connectivity index (χ3n) is 3.77. The molecule has 2 aromatic heterocycles. The molecule has 0 aromatic carbocycles. The predicted molar refractivity (Wildman–Crippen MR) is 79.7 cm³/mol. The minimum absolute atomic E-state index is 0.793. The molecule has 1 aliphatic carbocycles. The van der Waals surface area contributed by atoms with Crippen LogP contribution in [0.4, 0.5) is 5.82 Å². The topological polar surface area (TPSA) is 55.6 Å². The number of hydrogen-bond donors (Lipinski definition) is 1. The molecule has 3 rings (SSSR count). The second-order valence-corrected chi connectivity index (χ2v) is 5.09. The van der Waals surface area contributed by atoms with Gasteiger partial charge in [-0.25, -0.2) is 9.97 Å². The molecule has 0 atom stereocenters. The van der Waals surface area contributed by atoms with Crippen LogP contribution in [0, 0.1) is 0 Å². The Kier molecular flexibility index (Phi) is 3.67. The number of hydrogen-bond acceptors (Lipinski definition) is 4. The van der Waals surface area contributed by atoms with Crippen LogP contribution >= 0.6 is 0 Å². The Morgan fingerprint density at radius 2 is 2.05 bits per heavy atom. The van der Waals surface area contributed by atoms with E-state index in [1.165, 1.54) is 24.1 Å². The normalized spacial score (nSPS) is 14.1. The molecule has 5 nitrogen and oxygen atoms in total. The largest absolute Gasteiger partial charge is 0.370 e. The van der Waals surface area contributed by atoms with Gasteiger partial charge in [0.1, 0.15) is 11.5 Å². The summed E-state index contributed by atoms with van der Waals surface area (Å²) < 4.78 is 1.94. The van der Waals surface area contributed by atoms with E-state index in [1.54, 1.807) is 0 Å². The highest BCUT2D eigenvalue weighted by molar-refractivity contribution is 5.57. The fourth-order valence-electron chi connectivity index (χ4n) is 2.80. The van der Waals surface area contributed by atoms with Gasteiger partial charge in [0.2, 0.25) is 0 Å². The molecule has 1 N–H and O–H groups in total. The molecule has 0 amide bonds. The predicted octanol–water partition coefficient (Wildman–Crippen LogP) is 2.67. The van der Waals surface area contributed by atoms with Crippen molar-refractivity contribution in [1.82, 2.24) is 19.7 Å². The number of aromatic nitrogens is 4. The van der Waals surface area contributed by atoms with Gasteiger partial charge < -0.3 is 5.32 Å². The van der Waals surface area contributed by atoms with Gasteiger partial charge >= 0.3 is 0 Å². The average molecular weight is 271 g/mol. The lowest BCUT2D eigenvalue weighted by Crippen LogP contribution is -2.14. The quantitative estimate of drug-likeness (QED) is 0.929. The Morgan fingerprint density at radius 3 is 2.85 bits per heavy atom. The summed E-state index contributed by atoms with van der Waals surface area (Å²) >= 11 is 0. The standard InChI is InChI=1S/C15H21N5/c1-3-16-14-11-7-5-6-8-12(11)18-15(19-14)13-9-10-17-20(13)4-2/h9-10H,3-8H2,1-2H3,(H,16,18,19). The van der Waals surface area contributed by atoms with Crippen LogP contribution in [0.15, 0.2) is 12.3 Å². The first-order valence-corrected chi connectivity index (χ1v) is 7.49. The molecule has 0 radical (unpaired) electrons. The number of nitrogens with zero attached hydrogens (tertiary/aromatic N) is 4. The highest BCUT2D eigenvalue weighted by Crippen LogP contribution is 2.28. The van der Waals surface area contributed by atoms with Crippen LogP contribution in [-0.4, -0.2) is 26.3 Å². The Hall–Kier alpha value is -1.91. The van der Waals surface area contributed by atoms with Gasteiger partial charge in [-0.05, 0) is 45.6 Å². The Bertz CT molecular complexity index is 602. The Balaban J connectivity index is 2.10. The van der Waals surface area contributed by atoms with Crippen molar-refractivity contribution in [3.63, 3.8) is 0 Å². The number of fused-ring (bicyclic) bond motifs is 1. The molecular formula is C15H21N5. The van der Waals surface area contributed by atoms with Gasteiger partial charge in [0, 0.05) is 30.5 Å². The van der Waals surface area contributed by atoms with Crippen molar-refractivity contribution < 1.29 is 0 Å². The van der Waals surface area contributed by atoms with E-state index in [0.717, 1.165) is 43.3 Å². The lowest BCUT2D eigenvalue weighted by Gasteiger charge is -2.19. The molecule has 5 heteroatoms. The molecule has 106 valence electrons. The highest BCUT2D eigenvalue weighted by Gasteiger charge is 2.19. The van der Waals surface area contributed by atoms with Crippen LogP contribution < -0.4 is 5.32 Å². The third-order valence-corrected chi connectivity index (χ3v) is 3.77. The van der Waals surface area contributed by atoms with Crippen molar-refractivity contribution >= 4 is 5.82 Å². The van der Waals surface area contributed by atoms with Crippen LogP contribution in [0.25, 0.3) is 11.5 Å². The molecule has 0 unspecified atom stereocenters. The minimum Gasteiger partial charge on any atom is -0.370 e. The van der Waals surface area contributed by atoms with Crippen LogP contribution in [0.5, 0.6) is 0 Å². The lowest BCUT2D eigenvalue weighted by molar-refractivity contribution is 0.651. The van der Waals surface area contributed by atoms with Gasteiger partial charge in [0.25, 0.3) is 0 Å². The molecule has 2 aromatic rings. The van der Waals surface area contributed by atoms with E-state index in [1.807, 2.05) is 16.9 Å². The first-order chi connectivity index (χ1) is 9.83. The van der Waals surface area contributed by atoms with Crippen molar-refractivity contribution in [3.05, 3.63) is 23.5 Å². The molecule has 0 saturated heterocycles. The van der Waals surface area contributed by atoms with Gasteiger partial charge in [-0.2, -0.15) is 5.10 Å². The second-order valence-electron chi connectivity index (χ2n) is 5.09. The monoisotopic (exact) mass is 271 g/mol. The smallest absolute Gasteiger partial charge is 0.180 e. The summed E-state index contributed by atoms with van der Waals surface area (Å²) in [6, 6.07) is 1.99. The van der Waals surface area contributed by atoms with Gasteiger partial charge in [-0.15, -0.1) is 0 Å². The van der Waals surface area contributed by atoms with E-state index in [0.29, 0.717) is 0 Å². The summed E-state index contributed by atoms with van der Waals surface area (Å²) in [5, 5.41) is 7.71. The van der Waals surface area contributed by atoms with E-state index in [9.17, 15) is 0 Å². The van der Waals surface area contributed by atoms with Gasteiger partial charge in [0.15, 0.2) is 5.82 Å². The zero-order chi connectivity index (χ0) is 13.9. The van der Waals surface area contributed by atoms with E-state index in [-0.39, 0.29) is 0 Å². The molecule has 0 fully saturated rings. The molecule has 1 aliphatic rings. The van der Waals surface area contributed by atoms with E-state index >= 15 is 0 Å². The maximum atomic E-state index is 4.80. The summed E-state index contributed by atoms with van der Waals surface area (Å²) in [4.78, 5) is 9.54. The molecule has 0 saturated carbocycles. The summed E-state index contributed by atoms with van der Waals surface area (Å²) in [7, 11) is 0. The third kappa shape index (κ3) is 2.28. The average Bonchev–Trinajstić information content (AvgIpc) is 2.96. The van der Waals surface area contributed by atoms with Crippen molar-refractivity contribution in [2.45, 2.75) is 46.1 Å². The number of aryl methyl sites for hydroxylation is 2. The van der Waals surface area contributed by atoms with Gasteiger partial charge in [-0.1, -0.05) is 0 Å². The Labute approximate surface area is 119 Å². The van der Waals surface area contributed by atoms with Crippen LogP contribution in [0.2, 0.25) is 0 Å². The van der Waals surface area contributed by atoms with Gasteiger partial charge in [-0.3, -0.25) is 4.68 Å². The highest BCUT2D eigenvalue weighted by atomic mass is 15.3. The molecule has 2 heterocycles. The minimum atomic E-state index is 0.793. The van der Waals surface area contributed by atoms with E-state index in [2.05, 4.69) is 24.3 Å². The van der Waals surface area contributed by atoms with E-state index in [4.69, 9.17) is 9.97 Å². The maximum Gasteiger partial charge on any atom is 0.180 e. The number of rotatable bonds is 4. The van der Waals surface area contributed by atoms with E-state index < -0.39 is 0 Å². The first-order valence-electron chi connectivity index (χ1n) is 7.49. The first kappa shape index (κ1) is 13.1. The van der Waals surface area contributed by atoms with Crippen molar-refractivity contribution in [2.24, 2.45) is 0 Å². The number of anilines is 1. The van der Waals surface area contributed by atoms with Crippen LogP contribution in [-0.2, 0) is 19.4 Å². The summed E-state index contributed by atoms with van der Waals surface area (Å²) in [6.45, 7) is 5.91. The molecule has 0 spiro atoms. The Morgan fingerprint density at radius 1 is 1.20 bits per heavy atom. The zero-order valence-corrected chi connectivity index (χ0v) is 12.2. The number of nitrogens with one attached hydrogen (secondary N) is 1. The van der Waals surface area contributed by atoms with Crippen molar-refractivity contribution in [3.8, 4) is 11.5 Å². The van der Waals surface area contributed by atoms with Crippen molar-refractivity contribution in [1.29, 1.82) is 0 Å². The second kappa shape index (κ2) is 5.61. The van der Waals surface area contributed by atoms with Crippen molar-refractivity contribution in [2.75, 3.05) is 11.9 Å². The molecule has 0 bridgehead atoms. The van der Waals surface area contributed by atoms with Crippen LogP contribution in [0.3, 0.4) is 0 Å². The molecular weight excluding hydrogens is 250 g/mol. The molecule has 20 heavy (non-hydrogen) atoms. The fourth-order valence-corrected chi connectivity index (χ4v) is 2.80. The maximum absolute atomic E-state index is 4.80. The fraction of sp³-hybridized carbons (Fsp3) is 0.533. The lowest BCUT2D eigenvalue weighted by atomic mass is 9.96. The van der Waals surface area contributed by atoms with Crippen LogP contribution in [0.1, 0.15) is 37.9 Å². The summed E-state index contributed by atoms with van der Waals surface area (Å²) in [6.07, 6.45) is 6.42. The summed E-state index contributed by atoms with van der Waals surface area (Å²) in [5.74, 6) is 1.80. The van der Waals surface area contributed by atoms with Gasteiger partial charge in [0.05, 0.1) is 0 Å². The summed E-state index contributed by atoms with van der Waals surface area (Å²) in [5.41, 5.74) is 3.52.